The van der Waals surface area contributed by atoms with Crippen molar-refractivity contribution in [3.63, 3.8) is 0 Å². The molecule has 8 nitrogen and oxygen atoms in total. The van der Waals surface area contributed by atoms with Gasteiger partial charge < -0.3 is 5.32 Å². The van der Waals surface area contributed by atoms with Gasteiger partial charge in [-0.2, -0.15) is 23.4 Å². The van der Waals surface area contributed by atoms with Gasteiger partial charge in [-0.25, -0.2) is 4.68 Å². The Balaban J connectivity index is 1.73. The SMILES string of the molecule is Cc1nn(C)c2c(=O)n(CC(=O)NC(C)c3ccc(C(F)(F)F)cn3)ncc12. The number of hydrogen-bond acceptors (Lipinski definition) is 5. The number of halogens is 3. The van der Waals surface area contributed by atoms with Crippen LogP contribution in [0.4, 0.5) is 13.2 Å². The summed E-state index contributed by atoms with van der Waals surface area (Å²) in [6.45, 7) is 2.99. The number of hydrogen-bond donors (Lipinski definition) is 1. The smallest absolute Gasteiger partial charge is 0.346 e. The van der Waals surface area contributed by atoms with Crippen LogP contribution in [0.1, 0.15) is 29.9 Å². The van der Waals surface area contributed by atoms with Crippen LogP contribution in [0.15, 0.2) is 29.3 Å². The molecule has 11 heteroatoms. The zero-order valence-electron chi connectivity index (χ0n) is 15.3. The third-order valence-corrected chi connectivity index (χ3v) is 4.26. The molecule has 3 aromatic heterocycles. The average Bonchev–Trinajstić information content (AvgIpc) is 2.91. The molecule has 0 saturated carbocycles. The molecule has 0 aliphatic heterocycles. The quantitative estimate of drug-likeness (QED) is 0.727. The fourth-order valence-electron chi connectivity index (χ4n) is 2.82. The summed E-state index contributed by atoms with van der Waals surface area (Å²) in [4.78, 5) is 28.5. The lowest BCUT2D eigenvalue weighted by Gasteiger charge is -2.15. The van der Waals surface area contributed by atoms with Crippen LogP contribution in [0.25, 0.3) is 10.9 Å². The highest BCUT2D eigenvalue weighted by molar-refractivity contribution is 5.80. The Morgan fingerprint density at radius 1 is 1.29 bits per heavy atom. The molecule has 0 radical (unpaired) electrons. The number of pyridine rings is 1. The molecule has 0 spiro atoms. The van der Waals surface area contributed by atoms with Gasteiger partial charge in [0.05, 0.1) is 29.2 Å². The van der Waals surface area contributed by atoms with Gasteiger partial charge in [0.15, 0.2) is 0 Å². The van der Waals surface area contributed by atoms with E-state index in [2.05, 4.69) is 20.5 Å². The number of aromatic nitrogens is 5. The van der Waals surface area contributed by atoms with Crippen molar-refractivity contribution in [2.24, 2.45) is 7.05 Å². The Labute approximate surface area is 157 Å². The van der Waals surface area contributed by atoms with E-state index in [9.17, 15) is 22.8 Å². The molecule has 3 rings (SSSR count). The molecule has 28 heavy (non-hydrogen) atoms. The first-order chi connectivity index (χ1) is 13.1. The standard InChI is InChI=1S/C17H17F3N6O2/c1-9-12-7-22-26(16(28)15(12)25(3)24-9)8-14(27)23-10(2)13-5-4-11(6-21-13)17(18,19)20/h4-7,10H,8H2,1-3H3,(H,23,27). The molecule has 3 aromatic rings. The summed E-state index contributed by atoms with van der Waals surface area (Å²) in [6.07, 6.45) is -2.30. The first-order valence-electron chi connectivity index (χ1n) is 8.30. The fraction of sp³-hybridized carbons (Fsp3) is 0.353. The molecular weight excluding hydrogens is 377 g/mol. The van der Waals surface area contributed by atoms with Crippen molar-refractivity contribution in [3.05, 3.63) is 51.8 Å². The minimum absolute atomic E-state index is 0.263. The number of alkyl halides is 3. The van der Waals surface area contributed by atoms with Gasteiger partial charge in [0.1, 0.15) is 12.1 Å². The molecule has 0 bridgehead atoms. The van der Waals surface area contributed by atoms with E-state index < -0.39 is 29.2 Å². The second-order valence-electron chi connectivity index (χ2n) is 6.34. The lowest BCUT2D eigenvalue weighted by molar-refractivity contribution is -0.137. The maximum Gasteiger partial charge on any atom is 0.417 e. The number of carbonyl (C=O) groups excluding carboxylic acids is 1. The highest BCUT2D eigenvalue weighted by Gasteiger charge is 2.30. The minimum Gasteiger partial charge on any atom is -0.346 e. The van der Waals surface area contributed by atoms with Crippen molar-refractivity contribution in [2.75, 3.05) is 0 Å². The van der Waals surface area contributed by atoms with Crippen molar-refractivity contribution in [1.29, 1.82) is 0 Å². The van der Waals surface area contributed by atoms with E-state index in [0.717, 1.165) is 10.7 Å². The van der Waals surface area contributed by atoms with E-state index in [1.54, 1.807) is 20.9 Å². The Morgan fingerprint density at radius 3 is 2.61 bits per heavy atom. The van der Waals surface area contributed by atoms with Crippen LogP contribution in [-0.2, 0) is 24.6 Å². The van der Waals surface area contributed by atoms with Crippen molar-refractivity contribution in [3.8, 4) is 0 Å². The molecule has 0 aliphatic carbocycles. The number of carbonyl (C=O) groups is 1. The predicted octanol–water partition coefficient (Wildman–Crippen LogP) is 1.73. The minimum atomic E-state index is -4.48. The molecule has 1 N–H and O–H groups in total. The molecule has 3 heterocycles. The largest absolute Gasteiger partial charge is 0.417 e. The van der Waals surface area contributed by atoms with Crippen molar-refractivity contribution < 1.29 is 18.0 Å². The zero-order valence-corrected chi connectivity index (χ0v) is 15.3. The Kier molecular flexibility index (Phi) is 4.92. The fourth-order valence-corrected chi connectivity index (χ4v) is 2.82. The van der Waals surface area contributed by atoms with Gasteiger partial charge in [0.2, 0.25) is 5.91 Å². The summed E-state index contributed by atoms with van der Waals surface area (Å²) in [5.41, 5.74) is -0.0841. The van der Waals surface area contributed by atoms with Crippen LogP contribution >= 0.6 is 0 Å². The van der Waals surface area contributed by atoms with Crippen LogP contribution in [-0.4, -0.2) is 30.5 Å². The number of rotatable bonds is 4. The van der Waals surface area contributed by atoms with Crippen LogP contribution < -0.4 is 10.9 Å². The van der Waals surface area contributed by atoms with Gasteiger partial charge in [0.25, 0.3) is 5.56 Å². The first-order valence-corrected chi connectivity index (χ1v) is 8.30. The van der Waals surface area contributed by atoms with Crippen LogP contribution in [0.2, 0.25) is 0 Å². The second kappa shape index (κ2) is 7.06. The highest BCUT2D eigenvalue weighted by Crippen LogP contribution is 2.28. The van der Waals surface area contributed by atoms with Gasteiger partial charge in [-0.1, -0.05) is 0 Å². The third-order valence-electron chi connectivity index (χ3n) is 4.26. The molecule has 0 aromatic carbocycles. The summed E-state index contributed by atoms with van der Waals surface area (Å²) >= 11 is 0. The van der Waals surface area contributed by atoms with E-state index in [1.807, 2.05) is 0 Å². The molecule has 0 aliphatic rings. The maximum atomic E-state index is 12.6. The Bertz CT molecular complexity index is 1090. The number of amides is 1. The van der Waals surface area contributed by atoms with Gasteiger partial charge in [-0.15, -0.1) is 0 Å². The second-order valence-corrected chi connectivity index (χ2v) is 6.34. The van der Waals surface area contributed by atoms with Gasteiger partial charge in [0, 0.05) is 18.6 Å². The van der Waals surface area contributed by atoms with Crippen molar-refractivity contribution in [1.82, 2.24) is 29.9 Å². The van der Waals surface area contributed by atoms with Gasteiger partial charge >= 0.3 is 6.18 Å². The van der Waals surface area contributed by atoms with E-state index in [1.165, 1.54) is 16.9 Å². The molecule has 148 valence electrons. The van der Waals surface area contributed by atoms with E-state index in [0.29, 0.717) is 22.8 Å². The summed E-state index contributed by atoms with van der Waals surface area (Å²) < 4.78 is 40.2. The number of aryl methyl sites for hydroxylation is 2. The third kappa shape index (κ3) is 3.73. The maximum absolute atomic E-state index is 12.6. The van der Waals surface area contributed by atoms with Gasteiger partial charge in [-0.05, 0) is 26.0 Å². The Hall–Kier alpha value is -3.24. The number of nitrogens with one attached hydrogen (secondary N) is 1. The monoisotopic (exact) mass is 394 g/mol. The summed E-state index contributed by atoms with van der Waals surface area (Å²) in [6, 6.07) is 1.45. The van der Waals surface area contributed by atoms with Crippen LogP contribution in [0, 0.1) is 6.92 Å². The predicted molar refractivity (Wildman–Crippen MR) is 93.3 cm³/mol. The zero-order chi connectivity index (χ0) is 20.6. The molecule has 1 amide bonds. The topological polar surface area (TPSA) is 94.7 Å². The van der Waals surface area contributed by atoms with Crippen molar-refractivity contribution in [2.45, 2.75) is 32.6 Å². The molecule has 1 atom stereocenters. The van der Waals surface area contributed by atoms with Crippen molar-refractivity contribution >= 4 is 16.8 Å². The van der Waals surface area contributed by atoms with Crippen LogP contribution in [0.3, 0.4) is 0 Å². The van der Waals surface area contributed by atoms with E-state index in [-0.39, 0.29) is 12.2 Å². The summed E-state index contributed by atoms with van der Waals surface area (Å²) in [7, 11) is 1.62. The molecule has 1 unspecified atom stereocenters. The highest BCUT2D eigenvalue weighted by atomic mass is 19.4. The van der Waals surface area contributed by atoms with E-state index >= 15 is 0 Å². The van der Waals surface area contributed by atoms with Gasteiger partial charge in [-0.3, -0.25) is 19.3 Å². The molecule has 0 fully saturated rings. The first kappa shape index (κ1) is 19.5. The summed E-state index contributed by atoms with van der Waals surface area (Å²) in [5, 5.41) is 11.3. The lowest BCUT2D eigenvalue weighted by Crippen LogP contribution is -2.35. The lowest BCUT2D eigenvalue weighted by atomic mass is 10.2. The Morgan fingerprint density at radius 2 is 2.00 bits per heavy atom. The number of fused-ring (bicyclic) bond motifs is 1. The van der Waals surface area contributed by atoms with Crippen LogP contribution in [0.5, 0.6) is 0 Å². The molecular formula is C17H17F3N6O2. The average molecular weight is 394 g/mol. The van der Waals surface area contributed by atoms with E-state index in [4.69, 9.17) is 0 Å². The number of nitrogens with zero attached hydrogens (tertiary/aromatic N) is 5. The summed E-state index contributed by atoms with van der Waals surface area (Å²) in [5.74, 6) is -0.526. The normalized spacial score (nSPS) is 12.9. The molecule has 0 saturated heterocycles.